The second-order valence-corrected chi connectivity index (χ2v) is 9.10. The van der Waals surface area contributed by atoms with Crippen molar-refractivity contribution in [1.29, 1.82) is 0 Å². The van der Waals surface area contributed by atoms with Gasteiger partial charge in [-0.1, -0.05) is 41.0 Å². The van der Waals surface area contributed by atoms with Crippen LogP contribution in [0.15, 0.2) is 64.6 Å². The van der Waals surface area contributed by atoms with E-state index in [9.17, 15) is 8.42 Å². The van der Waals surface area contributed by atoms with Gasteiger partial charge in [-0.3, -0.25) is 0 Å². The van der Waals surface area contributed by atoms with E-state index in [4.69, 9.17) is 4.74 Å². The standard InChI is InChI=1S/C22H27NO3S/c1-16-5-11-21(12-6-16)27(24,25)23-14-13-17(2)18(3)22(23)15-19-7-9-20(26-4)10-8-19/h5-12,22H,13-15H2,1-4H3/t22-/m1/s1. The summed E-state index contributed by atoms with van der Waals surface area (Å²) in [5, 5.41) is 0. The fraction of sp³-hybridized carbons (Fsp3) is 0.364. The highest BCUT2D eigenvalue weighted by molar-refractivity contribution is 7.89. The summed E-state index contributed by atoms with van der Waals surface area (Å²) < 4.78 is 33.6. The Kier molecular flexibility index (Phi) is 5.72. The van der Waals surface area contributed by atoms with Gasteiger partial charge in [0.1, 0.15) is 5.75 Å². The number of hydrogen-bond donors (Lipinski definition) is 0. The Hall–Kier alpha value is -2.11. The van der Waals surface area contributed by atoms with Crippen molar-refractivity contribution in [1.82, 2.24) is 4.31 Å². The lowest BCUT2D eigenvalue weighted by Crippen LogP contribution is -2.45. The number of aryl methyl sites for hydroxylation is 1. The van der Waals surface area contributed by atoms with Crippen LogP contribution in [0.1, 0.15) is 31.4 Å². The average molecular weight is 386 g/mol. The maximum absolute atomic E-state index is 13.3. The van der Waals surface area contributed by atoms with Crippen LogP contribution in [0.4, 0.5) is 0 Å². The summed E-state index contributed by atoms with van der Waals surface area (Å²) in [5.41, 5.74) is 4.57. The Morgan fingerprint density at radius 1 is 1.00 bits per heavy atom. The summed E-state index contributed by atoms with van der Waals surface area (Å²) >= 11 is 0. The molecule has 0 aliphatic carbocycles. The third-order valence-corrected chi connectivity index (χ3v) is 7.37. The summed E-state index contributed by atoms with van der Waals surface area (Å²) in [5.74, 6) is 0.801. The minimum atomic E-state index is -3.54. The molecule has 0 unspecified atom stereocenters. The maximum atomic E-state index is 13.3. The van der Waals surface area contributed by atoms with E-state index in [-0.39, 0.29) is 6.04 Å². The molecule has 0 amide bonds. The van der Waals surface area contributed by atoms with Crippen LogP contribution in [-0.4, -0.2) is 32.4 Å². The topological polar surface area (TPSA) is 46.6 Å². The molecule has 0 spiro atoms. The van der Waals surface area contributed by atoms with Crippen LogP contribution in [0.5, 0.6) is 5.75 Å². The Bertz CT molecular complexity index is 929. The van der Waals surface area contributed by atoms with Gasteiger partial charge in [-0.05, 0) is 63.4 Å². The molecule has 0 saturated carbocycles. The number of hydrogen-bond acceptors (Lipinski definition) is 3. The summed E-state index contributed by atoms with van der Waals surface area (Å²) in [4.78, 5) is 0.361. The normalized spacial score (nSPS) is 18.6. The molecule has 1 aliphatic heterocycles. The average Bonchev–Trinajstić information content (AvgIpc) is 2.66. The molecule has 1 aliphatic rings. The number of benzene rings is 2. The van der Waals surface area contributed by atoms with Crippen LogP contribution in [0.3, 0.4) is 0 Å². The van der Waals surface area contributed by atoms with Crippen LogP contribution in [0.2, 0.25) is 0 Å². The SMILES string of the molecule is COc1ccc(C[C@@H]2C(C)=C(C)CCN2S(=O)(=O)c2ccc(C)cc2)cc1. The van der Waals surface area contributed by atoms with E-state index in [2.05, 4.69) is 13.8 Å². The van der Waals surface area contributed by atoms with Gasteiger partial charge in [0, 0.05) is 6.54 Å². The van der Waals surface area contributed by atoms with Crippen molar-refractivity contribution in [3.8, 4) is 5.75 Å². The van der Waals surface area contributed by atoms with Crippen LogP contribution in [-0.2, 0) is 16.4 Å². The maximum Gasteiger partial charge on any atom is 0.243 e. The molecule has 144 valence electrons. The molecule has 0 saturated heterocycles. The Morgan fingerprint density at radius 3 is 2.22 bits per heavy atom. The number of rotatable bonds is 5. The summed E-state index contributed by atoms with van der Waals surface area (Å²) in [7, 11) is -1.90. The number of nitrogens with zero attached hydrogens (tertiary/aromatic N) is 1. The Balaban J connectivity index is 1.95. The second kappa shape index (κ2) is 7.87. The molecule has 4 nitrogen and oxygen atoms in total. The van der Waals surface area contributed by atoms with Gasteiger partial charge in [0.2, 0.25) is 10.0 Å². The zero-order valence-electron chi connectivity index (χ0n) is 16.4. The van der Waals surface area contributed by atoms with Crippen LogP contribution >= 0.6 is 0 Å². The van der Waals surface area contributed by atoms with Crippen molar-refractivity contribution in [2.75, 3.05) is 13.7 Å². The molecular formula is C22H27NO3S. The lowest BCUT2D eigenvalue weighted by atomic mass is 9.92. The highest BCUT2D eigenvalue weighted by Crippen LogP contribution is 2.31. The predicted molar refractivity (Wildman–Crippen MR) is 109 cm³/mol. The summed E-state index contributed by atoms with van der Waals surface area (Å²) in [6.45, 7) is 6.63. The lowest BCUT2D eigenvalue weighted by Gasteiger charge is -2.36. The first kappa shape index (κ1) is 19.6. The highest BCUT2D eigenvalue weighted by Gasteiger charge is 2.35. The summed E-state index contributed by atoms with van der Waals surface area (Å²) in [6, 6.07) is 14.8. The molecule has 0 radical (unpaired) electrons. The largest absolute Gasteiger partial charge is 0.497 e. The summed E-state index contributed by atoms with van der Waals surface area (Å²) in [6.07, 6.45) is 1.42. The van der Waals surface area contributed by atoms with Crippen molar-refractivity contribution >= 4 is 10.0 Å². The van der Waals surface area contributed by atoms with E-state index in [1.54, 1.807) is 23.5 Å². The van der Waals surface area contributed by atoms with Crippen molar-refractivity contribution in [3.63, 3.8) is 0 Å². The van der Waals surface area contributed by atoms with Gasteiger partial charge in [0.25, 0.3) is 0 Å². The van der Waals surface area contributed by atoms with E-state index in [0.717, 1.165) is 28.9 Å². The molecule has 3 rings (SSSR count). The van der Waals surface area contributed by atoms with Gasteiger partial charge in [-0.2, -0.15) is 4.31 Å². The minimum Gasteiger partial charge on any atom is -0.497 e. The Morgan fingerprint density at radius 2 is 1.63 bits per heavy atom. The first-order chi connectivity index (χ1) is 12.8. The molecule has 1 heterocycles. The molecule has 0 aromatic heterocycles. The Labute approximate surface area is 162 Å². The fourth-order valence-electron chi connectivity index (χ4n) is 3.50. The van der Waals surface area contributed by atoms with Crippen LogP contribution in [0.25, 0.3) is 0 Å². The molecule has 27 heavy (non-hydrogen) atoms. The van der Waals surface area contributed by atoms with Crippen molar-refractivity contribution in [2.24, 2.45) is 0 Å². The van der Waals surface area contributed by atoms with E-state index in [0.29, 0.717) is 17.9 Å². The van der Waals surface area contributed by atoms with Gasteiger partial charge in [0.15, 0.2) is 0 Å². The monoisotopic (exact) mass is 385 g/mol. The molecule has 1 atom stereocenters. The van der Waals surface area contributed by atoms with Gasteiger partial charge < -0.3 is 4.74 Å². The zero-order valence-corrected chi connectivity index (χ0v) is 17.2. The molecule has 0 fully saturated rings. The third-order valence-electron chi connectivity index (χ3n) is 5.44. The zero-order chi connectivity index (χ0) is 19.6. The fourth-order valence-corrected chi connectivity index (χ4v) is 5.15. The van der Waals surface area contributed by atoms with Gasteiger partial charge in [-0.25, -0.2) is 8.42 Å². The first-order valence-corrected chi connectivity index (χ1v) is 10.6. The molecular weight excluding hydrogens is 358 g/mol. The molecule has 5 heteroatoms. The van der Waals surface area contributed by atoms with Crippen molar-refractivity contribution < 1.29 is 13.2 Å². The molecule has 2 aromatic rings. The smallest absolute Gasteiger partial charge is 0.243 e. The van der Waals surface area contributed by atoms with Gasteiger partial charge in [-0.15, -0.1) is 0 Å². The number of methoxy groups -OCH3 is 1. The lowest BCUT2D eigenvalue weighted by molar-refractivity contribution is 0.331. The molecule has 0 N–H and O–H groups in total. The number of ether oxygens (including phenoxy) is 1. The van der Waals surface area contributed by atoms with Crippen LogP contribution in [0, 0.1) is 6.92 Å². The molecule has 0 bridgehead atoms. The quantitative estimate of drug-likeness (QED) is 0.719. The highest BCUT2D eigenvalue weighted by atomic mass is 32.2. The van der Waals surface area contributed by atoms with Crippen molar-refractivity contribution in [3.05, 3.63) is 70.8 Å². The van der Waals surface area contributed by atoms with E-state index >= 15 is 0 Å². The van der Waals surface area contributed by atoms with E-state index in [1.165, 1.54) is 5.57 Å². The first-order valence-electron chi connectivity index (χ1n) is 9.20. The van der Waals surface area contributed by atoms with E-state index in [1.807, 2.05) is 43.3 Å². The molecule has 2 aromatic carbocycles. The predicted octanol–water partition coefficient (Wildman–Crippen LogP) is 4.35. The van der Waals surface area contributed by atoms with Crippen LogP contribution < -0.4 is 4.74 Å². The third kappa shape index (κ3) is 4.09. The van der Waals surface area contributed by atoms with Gasteiger partial charge in [0.05, 0.1) is 18.0 Å². The second-order valence-electron chi connectivity index (χ2n) is 7.21. The number of sulfonamides is 1. The van der Waals surface area contributed by atoms with Gasteiger partial charge >= 0.3 is 0 Å². The van der Waals surface area contributed by atoms with E-state index < -0.39 is 10.0 Å². The minimum absolute atomic E-state index is 0.168. The van der Waals surface area contributed by atoms with Crippen molar-refractivity contribution in [2.45, 2.75) is 44.6 Å².